The summed E-state index contributed by atoms with van der Waals surface area (Å²) in [5.41, 5.74) is 0.689. The summed E-state index contributed by atoms with van der Waals surface area (Å²) >= 11 is 0. The molecule has 0 N–H and O–H groups in total. The Balaban J connectivity index is 1.53. The van der Waals surface area contributed by atoms with Crippen LogP contribution < -0.4 is 0 Å². The van der Waals surface area contributed by atoms with Crippen LogP contribution in [0.1, 0.15) is 55.6 Å². The van der Waals surface area contributed by atoms with E-state index < -0.39 is 11.3 Å². The minimum absolute atomic E-state index is 0.240. The number of hydrogen-bond acceptors (Lipinski definition) is 3. The van der Waals surface area contributed by atoms with E-state index in [4.69, 9.17) is 0 Å². The monoisotopic (exact) mass is 344 g/mol. The van der Waals surface area contributed by atoms with Gasteiger partial charge in [0.25, 0.3) is 0 Å². The van der Waals surface area contributed by atoms with Gasteiger partial charge in [-0.15, -0.1) is 0 Å². The second kappa shape index (κ2) is 5.20. The second-order valence-corrected chi connectivity index (χ2v) is 9.47. The van der Waals surface area contributed by atoms with Crippen molar-refractivity contribution in [2.24, 2.45) is 34.5 Å². The Hall–Kier alpha value is -2.13. The van der Waals surface area contributed by atoms with E-state index in [1.54, 1.807) is 0 Å². The van der Waals surface area contributed by atoms with E-state index in [-0.39, 0.29) is 17.1 Å². The summed E-state index contributed by atoms with van der Waals surface area (Å²) in [7, 11) is 0. The average Bonchev–Trinajstić information content (AvgIpc) is 3.29. The Labute approximate surface area is 155 Å². The number of Topliss-reactive ketones (excluding diaryl/α,β-unsaturated/α-hetero) is 1. The van der Waals surface area contributed by atoms with Crippen molar-refractivity contribution in [3.05, 3.63) is 35.4 Å². The van der Waals surface area contributed by atoms with E-state index in [0.717, 1.165) is 30.4 Å². The molecule has 1 aromatic carbocycles. The van der Waals surface area contributed by atoms with Gasteiger partial charge in [0.2, 0.25) is 0 Å². The number of benzene rings is 1. The summed E-state index contributed by atoms with van der Waals surface area (Å²) in [4.78, 5) is 13.8. The predicted molar refractivity (Wildman–Crippen MR) is 96.7 cm³/mol. The zero-order chi connectivity index (χ0) is 18.1. The number of nitrogens with zero attached hydrogens (tertiary/aromatic N) is 2. The number of ketones is 1. The quantitative estimate of drug-likeness (QED) is 0.809. The van der Waals surface area contributed by atoms with E-state index in [1.807, 2.05) is 31.2 Å². The zero-order valence-electron chi connectivity index (χ0n) is 15.2. The van der Waals surface area contributed by atoms with Crippen molar-refractivity contribution < 1.29 is 4.79 Å². The molecule has 6 rings (SSSR count). The third kappa shape index (κ3) is 1.95. The average molecular weight is 344 g/mol. The van der Waals surface area contributed by atoms with Gasteiger partial charge in [0.05, 0.1) is 18.1 Å². The van der Waals surface area contributed by atoms with Crippen molar-refractivity contribution >= 4 is 5.78 Å². The predicted octanol–water partition coefficient (Wildman–Crippen LogP) is 4.53. The Morgan fingerprint density at radius 2 is 1.54 bits per heavy atom. The molecule has 3 heteroatoms. The normalized spacial score (nSPS) is 41.3. The third-order valence-corrected chi connectivity index (χ3v) is 7.94. The van der Waals surface area contributed by atoms with Crippen LogP contribution in [-0.2, 0) is 4.79 Å². The first-order chi connectivity index (χ1) is 12.5. The van der Waals surface area contributed by atoms with Crippen LogP contribution in [0, 0.1) is 64.1 Å². The maximum Gasteiger partial charge on any atom is 0.161 e. The van der Waals surface area contributed by atoms with Crippen molar-refractivity contribution in [3.63, 3.8) is 0 Å². The van der Waals surface area contributed by atoms with Crippen molar-refractivity contribution in [3.8, 4) is 12.1 Å². The van der Waals surface area contributed by atoms with Gasteiger partial charge in [0.1, 0.15) is 5.78 Å². The molecule has 26 heavy (non-hydrogen) atoms. The van der Waals surface area contributed by atoms with Crippen LogP contribution >= 0.6 is 0 Å². The SMILES string of the molecule is Cc1ccccc1C1[C@@H](C(=O)C23CC4CC(CC(C4)C2)C3)C1(C#N)C#N. The summed E-state index contributed by atoms with van der Waals surface area (Å²) in [6.45, 7) is 2.01. The van der Waals surface area contributed by atoms with Gasteiger partial charge < -0.3 is 0 Å². The highest BCUT2D eigenvalue weighted by Crippen LogP contribution is 2.70. The molecule has 5 fully saturated rings. The molecule has 0 aromatic heterocycles. The lowest BCUT2D eigenvalue weighted by molar-refractivity contribution is -0.145. The van der Waals surface area contributed by atoms with E-state index >= 15 is 0 Å². The highest BCUT2D eigenvalue weighted by atomic mass is 16.1. The van der Waals surface area contributed by atoms with Crippen molar-refractivity contribution in [2.75, 3.05) is 0 Å². The maximum atomic E-state index is 13.8. The van der Waals surface area contributed by atoms with Gasteiger partial charge in [-0.2, -0.15) is 10.5 Å². The Kier molecular flexibility index (Phi) is 3.21. The van der Waals surface area contributed by atoms with Crippen LogP contribution in [0.15, 0.2) is 24.3 Å². The van der Waals surface area contributed by atoms with Crippen molar-refractivity contribution in [1.82, 2.24) is 0 Å². The minimum Gasteiger partial charge on any atom is -0.299 e. The molecule has 5 saturated carbocycles. The lowest BCUT2D eigenvalue weighted by Crippen LogP contribution is -2.50. The Morgan fingerprint density at radius 1 is 1.00 bits per heavy atom. The molecular weight excluding hydrogens is 320 g/mol. The highest BCUT2D eigenvalue weighted by molar-refractivity contribution is 5.94. The van der Waals surface area contributed by atoms with Gasteiger partial charge in [-0.05, 0) is 74.3 Å². The second-order valence-electron chi connectivity index (χ2n) is 9.47. The molecule has 2 atom stereocenters. The van der Waals surface area contributed by atoms with Crippen molar-refractivity contribution in [2.45, 2.75) is 51.4 Å². The van der Waals surface area contributed by atoms with E-state index in [9.17, 15) is 15.3 Å². The van der Waals surface area contributed by atoms with Gasteiger partial charge >= 0.3 is 0 Å². The number of hydrogen-bond donors (Lipinski definition) is 0. The van der Waals surface area contributed by atoms with Gasteiger partial charge in [0.15, 0.2) is 5.41 Å². The molecule has 0 spiro atoms. The number of carbonyl (C=O) groups excluding carboxylic acids is 1. The summed E-state index contributed by atoms with van der Waals surface area (Å²) < 4.78 is 0. The molecule has 3 nitrogen and oxygen atoms in total. The third-order valence-electron chi connectivity index (χ3n) is 7.94. The molecule has 5 aliphatic carbocycles. The number of carbonyl (C=O) groups is 1. The van der Waals surface area contributed by atoms with Crippen LogP contribution in [0.5, 0.6) is 0 Å². The molecule has 0 amide bonds. The fourth-order valence-corrected chi connectivity index (χ4v) is 7.15. The summed E-state index contributed by atoms with van der Waals surface area (Å²) in [6.07, 6.45) is 6.88. The van der Waals surface area contributed by atoms with Crippen LogP contribution in [0.2, 0.25) is 0 Å². The Morgan fingerprint density at radius 3 is 2.04 bits per heavy atom. The first-order valence-electron chi connectivity index (χ1n) is 9.95. The summed E-state index contributed by atoms with van der Waals surface area (Å²) in [5.74, 6) is 1.64. The summed E-state index contributed by atoms with van der Waals surface area (Å²) in [5, 5.41) is 19.7. The number of nitriles is 2. The first-order valence-corrected chi connectivity index (χ1v) is 9.95. The molecular formula is C23H24N2O. The Bertz CT molecular complexity index is 822. The topological polar surface area (TPSA) is 64.7 Å². The van der Waals surface area contributed by atoms with Gasteiger partial charge in [-0.1, -0.05) is 24.3 Å². The van der Waals surface area contributed by atoms with Crippen LogP contribution in [0.3, 0.4) is 0 Å². The molecule has 1 aromatic rings. The van der Waals surface area contributed by atoms with Crippen LogP contribution in [0.25, 0.3) is 0 Å². The maximum absolute atomic E-state index is 13.8. The van der Waals surface area contributed by atoms with Gasteiger partial charge in [-0.25, -0.2) is 0 Å². The standard InChI is InChI=1S/C23H24N2O/c1-14-4-2-3-5-18(14)19-20(23(19,12-24)13-25)21(26)22-9-15-6-16(10-22)8-17(7-15)11-22/h2-5,15-17,19-20H,6-11H2,1H3/t15?,16?,17?,19?,20-,22?/m0/s1. The lowest BCUT2D eigenvalue weighted by atomic mass is 9.48. The molecule has 0 saturated heterocycles. The van der Waals surface area contributed by atoms with Gasteiger partial charge in [-0.3, -0.25) is 4.79 Å². The van der Waals surface area contributed by atoms with E-state index in [0.29, 0.717) is 17.8 Å². The fraction of sp³-hybridized carbons (Fsp3) is 0.609. The first kappa shape index (κ1) is 16.1. The number of aryl methyl sites for hydroxylation is 1. The lowest BCUT2D eigenvalue weighted by Gasteiger charge is -2.56. The van der Waals surface area contributed by atoms with Crippen molar-refractivity contribution in [1.29, 1.82) is 10.5 Å². The molecule has 5 aliphatic rings. The summed E-state index contributed by atoms with van der Waals surface area (Å²) in [6, 6.07) is 12.4. The van der Waals surface area contributed by atoms with Crippen LogP contribution in [-0.4, -0.2) is 5.78 Å². The fourth-order valence-electron chi connectivity index (χ4n) is 7.15. The minimum atomic E-state index is -1.16. The van der Waals surface area contributed by atoms with E-state index in [2.05, 4.69) is 12.1 Å². The molecule has 4 bridgehead atoms. The van der Waals surface area contributed by atoms with Gasteiger partial charge in [0, 0.05) is 11.3 Å². The molecule has 0 heterocycles. The van der Waals surface area contributed by atoms with Crippen LogP contribution in [0.4, 0.5) is 0 Å². The molecule has 132 valence electrons. The number of rotatable bonds is 3. The smallest absolute Gasteiger partial charge is 0.161 e. The largest absolute Gasteiger partial charge is 0.299 e. The zero-order valence-corrected chi connectivity index (χ0v) is 15.2. The van der Waals surface area contributed by atoms with E-state index in [1.165, 1.54) is 19.3 Å². The molecule has 1 unspecified atom stereocenters. The molecule has 0 aliphatic heterocycles. The molecule has 0 radical (unpaired) electrons. The highest BCUT2D eigenvalue weighted by Gasteiger charge is 2.73.